The van der Waals surface area contributed by atoms with Gasteiger partial charge in [0.15, 0.2) is 0 Å². The van der Waals surface area contributed by atoms with E-state index in [0.717, 1.165) is 40.9 Å². The summed E-state index contributed by atoms with van der Waals surface area (Å²) in [5.41, 5.74) is 10.1. The van der Waals surface area contributed by atoms with Crippen LogP contribution in [0, 0.1) is 26.2 Å². The van der Waals surface area contributed by atoms with Gasteiger partial charge in [0.05, 0.1) is 6.61 Å². The van der Waals surface area contributed by atoms with Crippen LogP contribution in [-0.4, -0.2) is 25.3 Å². The van der Waals surface area contributed by atoms with Crippen LogP contribution in [0.5, 0.6) is 11.5 Å². The van der Waals surface area contributed by atoms with E-state index in [2.05, 4.69) is 69.3 Å². The molecule has 0 aliphatic heterocycles. The SMILES string of the molecule is Cc1cc(OCCCOC(C)(C)[O-])cc(C)c1-c1cccc(COc2ccc3c(c2)CC2(CC2)C3CC=O)c1C. The van der Waals surface area contributed by atoms with Crippen molar-refractivity contribution in [1.29, 1.82) is 0 Å². The van der Waals surface area contributed by atoms with Gasteiger partial charge >= 0.3 is 0 Å². The Hall–Kier alpha value is -3.15. The highest BCUT2D eigenvalue weighted by Crippen LogP contribution is 2.64. The van der Waals surface area contributed by atoms with E-state index in [0.29, 0.717) is 44.0 Å². The number of hydrogen-bond acceptors (Lipinski definition) is 5. The van der Waals surface area contributed by atoms with Crippen LogP contribution in [0.2, 0.25) is 0 Å². The second-order valence-corrected chi connectivity index (χ2v) is 12.1. The zero-order chi connectivity index (χ0) is 28.5. The number of hydrogen-bond donors (Lipinski definition) is 0. The smallest absolute Gasteiger partial charge is 0.120 e. The molecule has 0 radical (unpaired) electrons. The fourth-order valence-electron chi connectivity index (χ4n) is 6.43. The first-order valence-corrected chi connectivity index (χ1v) is 14.5. The molecule has 212 valence electrons. The Morgan fingerprint density at radius 3 is 2.40 bits per heavy atom. The predicted molar refractivity (Wildman–Crippen MR) is 156 cm³/mol. The largest absolute Gasteiger partial charge is 0.829 e. The first-order chi connectivity index (χ1) is 19.1. The maximum absolute atomic E-state index is 11.6. The average Bonchev–Trinajstić information content (AvgIpc) is 3.60. The normalized spacial score (nSPS) is 17.1. The number of carbonyl (C=O) groups is 1. The third-order valence-corrected chi connectivity index (χ3v) is 8.62. The molecule has 5 nitrogen and oxygen atoms in total. The van der Waals surface area contributed by atoms with E-state index in [1.54, 1.807) is 0 Å². The van der Waals surface area contributed by atoms with Crippen LogP contribution in [0.4, 0.5) is 0 Å². The van der Waals surface area contributed by atoms with E-state index in [1.165, 1.54) is 54.5 Å². The number of fused-ring (bicyclic) bond motifs is 1. The summed E-state index contributed by atoms with van der Waals surface area (Å²) in [5.74, 6) is 0.733. The van der Waals surface area contributed by atoms with Gasteiger partial charge in [-0.05, 0) is 126 Å². The lowest BCUT2D eigenvalue weighted by Gasteiger charge is -2.31. The molecule has 5 heteroatoms. The van der Waals surface area contributed by atoms with Gasteiger partial charge in [-0.1, -0.05) is 38.1 Å². The standard InChI is InChI=1S/C35H41O5/c1-23-18-29(38-16-7-17-40-34(4,5)37)19-24(2)33(23)30-9-6-8-26(25(30)3)22-39-28-10-11-31-27(20-28)21-35(13-14-35)32(31)12-15-36/h6,8-11,15,18-20,32H,7,12-14,16-17,21-22H2,1-5H3/q-1. The van der Waals surface area contributed by atoms with E-state index >= 15 is 0 Å². The van der Waals surface area contributed by atoms with Gasteiger partial charge in [-0.15, -0.1) is 0 Å². The fraction of sp³-hybridized carbons (Fsp3) is 0.457. The molecule has 1 atom stereocenters. The summed E-state index contributed by atoms with van der Waals surface area (Å²) in [5, 5.41) is 11.6. The molecule has 2 aliphatic rings. The van der Waals surface area contributed by atoms with Crippen LogP contribution < -0.4 is 14.6 Å². The van der Waals surface area contributed by atoms with Crippen molar-refractivity contribution in [2.45, 2.75) is 85.0 Å². The number of rotatable bonds is 12. The molecule has 0 saturated heterocycles. The Morgan fingerprint density at radius 2 is 1.73 bits per heavy atom. The first-order valence-electron chi connectivity index (χ1n) is 14.5. The molecular weight excluding hydrogens is 500 g/mol. The second kappa shape index (κ2) is 11.4. The zero-order valence-corrected chi connectivity index (χ0v) is 24.5. The first kappa shape index (κ1) is 28.4. The molecule has 3 aromatic rings. The Kier molecular flexibility index (Phi) is 8.08. The van der Waals surface area contributed by atoms with Crippen molar-refractivity contribution in [2.24, 2.45) is 5.41 Å². The average molecular weight is 542 g/mol. The lowest BCUT2D eigenvalue weighted by Crippen LogP contribution is -2.40. The van der Waals surface area contributed by atoms with Gasteiger partial charge in [0.25, 0.3) is 0 Å². The van der Waals surface area contributed by atoms with Gasteiger partial charge in [-0.2, -0.15) is 0 Å². The zero-order valence-electron chi connectivity index (χ0n) is 24.5. The van der Waals surface area contributed by atoms with Crippen molar-refractivity contribution in [1.82, 2.24) is 0 Å². The number of aryl methyl sites for hydroxylation is 2. The van der Waals surface area contributed by atoms with Crippen molar-refractivity contribution >= 4 is 6.29 Å². The van der Waals surface area contributed by atoms with Crippen LogP contribution in [0.1, 0.15) is 78.8 Å². The number of carbonyl (C=O) groups excluding carboxylic acids is 1. The summed E-state index contributed by atoms with van der Waals surface area (Å²) in [6, 6.07) is 17.0. The Morgan fingerprint density at radius 1 is 0.975 bits per heavy atom. The molecule has 1 unspecified atom stereocenters. The van der Waals surface area contributed by atoms with Crippen molar-refractivity contribution in [3.05, 3.63) is 81.9 Å². The quantitative estimate of drug-likeness (QED) is 0.144. The minimum Gasteiger partial charge on any atom is -0.829 e. The van der Waals surface area contributed by atoms with E-state index in [-0.39, 0.29) is 0 Å². The molecule has 0 bridgehead atoms. The summed E-state index contributed by atoms with van der Waals surface area (Å²) in [6.45, 7) is 10.8. The molecular formula is C35H41O5-. The van der Waals surface area contributed by atoms with Crippen LogP contribution >= 0.6 is 0 Å². The van der Waals surface area contributed by atoms with Gasteiger partial charge < -0.3 is 24.1 Å². The number of aldehydes is 1. The fourth-order valence-corrected chi connectivity index (χ4v) is 6.43. The summed E-state index contributed by atoms with van der Waals surface area (Å²) >= 11 is 0. The lowest BCUT2D eigenvalue weighted by atomic mass is 9.87. The number of ether oxygens (including phenoxy) is 3. The van der Waals surface area contributed by atoms with Crippen molar-refractivity contribution in [2.75, 3.05) is 13.2 Å². The van der Waals surface area contributed by atoms with Crippen molar-refractivity contribution < 1.29 is 24.1 Å². The molecule has 40 heavy (non-hydrogen) atoms. The van der Waals surface area contributed by atoms with Gasteiger partial charge in [-0.3, -0.25) is 0 Å². The highest BCUT2D eigenvalue weighted by atomic mass is 16.6. The summed E-state index contributed by atoms with van der Waals surface area (Å²) in [6.07, 6.45) is 5.89. The Balaban J connectivity index is 1.26. The van der Waals surface area contributed by atoms with Gasteiger partial charge in [0, 0.05) is 19.4 Å². The third kappa shape index (κ3) is 6.11. The van der Waals surface area contributed by atoms with E-state index < -0.39 is 5.79 Å². The van der Waals surface area contributed by atoms with E-state index in [1.807, 2.05) is 0 Å². The molecule has 0 N–H and O–H groups in total. The van der Waals surface area contributed by atoms with Gasteiger partial charge in [-0.25, -0.2) is 0 Å². The second-order valence-electron chi connectivity index (χ2n) is 12.1. The molecule has 0 aromatic heterocycles. The third-order valence-electron chi connectivity index (χ3n) is 8.62. The number of benzene rings is 3. The Labute approximate surface area is 238 Å². The molecule has 1 saturated carbocycles. The van der Waals surface area contributed by atoms with E-state index in [4.69, 9.17) is 14.2 Å². The van der Waals surface area contributed by atoms with Crippen molar-refractivity contribution in [3.63, 3.8) is 0 Å². The molecule has 0 amide bonds. The maximum Gasteiger partial charge on any atom is 0.120 e. The van der Waals surface area contributed by atoms with Gasteiger partial charge in [0.2, 0.25) is 0 Å². The molecule has 5 rings (SSSR count). The van der Waals surface area contributed by atoms with Crippen LogP contribution in [0.15, 0.2) is 48.5 Å². The van der Waals surface area contributed by atoms with Crippen LogP contribution in [0.3, 0.4) is 0 Å². The molecule has 2 aliphatic carbocycles. The minimum absolute atomic E-state index is 0.326. The Bertz CT molecular complexity index is 1360. The maximum atomic E-state index is 11.6. The molecule has 3 aromatic carbocycles. The highest BCUT2D eigenvalue weighted by Gasteiger charge is 2.53. The lowest BCUT2D eigenvalue weighted by molar-refractivity contribution is -0.542. The predicted octanol–water partition coefficient (Wildman–Crippen LogP) is 6.75. The highest BCUT2D eigenvalue weighted by molar-refractivity contribution is 5.75. The summed E-state index contributed by atoms with van der Waals surface area (Å²) in [4.78, 5) is 11.3. The molecule has 1 spiro atoms. The molecule has 1 fully saturated rings. The van der Waals surface area contributed by atoms with E-state index in [9.17, 15) is 9.90 Å². The summed E-state index contributed by atoms with van der Waals surface area (Å²) in [7, 11) is 0. The van der Waals surface area contributed by atoms with Gasteiger partial charge in [0.1, 0.15) is 24.4 Å². The van der Waals surface area contributed by atoms with Crippen LogP contribution in [-0.2, 0) is 22.6 Å². The monoisotopic (exact) mass is 541 g/mol. The van der Waals surface area contributed by atoms with Crippen LogP contribution in [0.25, 0.3) is 11.1 Å². The van der Waals surface area contributed by atoms with Crippen molar-refractivity contribution in [3.8, 4) is 22.6 Å². The topological polar surface area (TPSA) is 67.8 Å². The minimum atomic E-state index is -1.37. The molecule has 0 heterocycles. The summed E-state index contributed by atoms with van der Waals surface area (Å²) < 4.78 is 17.5.